The predicted molar refractivity (Wildman–Crippen MR) is 119 cm³/mol. The van der Waals surface area contributed by atoms with Crippen molar-refractivity contribution in [3.8, 4) is 5.75 Å². The van der Waals surface area contributed by atoms with E-state index in [9.17, 15) is 17.6 Å². The van der Waals surface area contributed by atoms with Crippen molar-refractivity contribution >= 4 is 44.4 Å². The highest BCUT2D eigenvalue weighted by atomic mass is 32.2. The van der Waals surface area contributed by atoms with E-state index in [1.165, 1.54) is 43.5 Å². The summed E-state index contributed by atoms with van der Waals surface area (Å²) in [5.74, 6) is -0.682. The third-order valence-electron chi connectivity index (χ3n) is 4.50. The van der Waals surface area contributed by atoms with E-state index in [2.05, 4.69) is 9.71 Å². The Kier molecular flexibility index (Phi) is 6.15. The summed E-state index contributed by atoms with van der Waals surface area (Å²) >= 11 is 1.00. The van der Waals surface area contributed by atoms with Gasteiger partial charge in [0, 0.05) is 0 Å². The van der Waals surface area contributed by atoms with Gasteiger partial charge in [0.1, 0.15) is 17.1 Å². The van der Waals surface area contributed by atoms with E-state index < -0.39 is 21.6 Å². The molecule has 0 unspecified atom stereocenters. The van der Waals surface area contributed by atoms with Crippen LogP contribution in [-0.4, -0.2) is 32.0 Å². The number of methoxy groups -OCH3 is 1. The van der Waals surface area contributed by atoms with Crippen LogP contribution in [0.25, 0.3) is 11.1 Å². The summed E-state index contributed by atoms with van der Waals surface area (Å²) in [6, 6.07) is 16.6. The fourth-order valence-electron chi connectivity index (χ4n) is 2.94. The fraction of sp³-hybridized carbons (Fsp3) is 0.0909. The van der Waals surface area contributed by atoms with Crippen LogP contribution < -0.4 is 9.46 Å². The number of nitrogens with one attached hydrogen (secondary N) is 1. The molecule has 0 aliphatic heterocycles. The van der Waals surface area contributed by atoms with Crippen molar-refractivity contribution in [2.45, 2.75) is 10.1 Å². The van der Waals surface area contributed by atoms with Crippen LogP contribution in [0.3, 0.4) is 0 Å². The molecule has 0 radical (unpaired) electrons. The van der Waals surface area contributed by atoms with Crippen LogP contribution in [0.5, 0.6) is 5.75 Å². The standard InChI is InChI=1S/C22H17FN2O5S2/c1-29-20-9-5-4-8-17(20)25-32(27,28)14-10-11-21-18(12-14)24-22(30-21)31-13-19(26)15-6-2-3-7-16(15)23/h2-12,25H,13H2,1H3. The first-order chi connectivity index (χ1) is 15.4. The number of rotatable bonds is 8. The van der Waals surface area contributed by atoms with E-state index in [1.807, 2.05) is 0 Å². The highest BCUT2D eigenvalue weighted by Crippen LogP contribution is 2.29. The van der Waals surface area contributed by atoms with Crippen molar-refractivity contribution in [1.82, 2.24) is 4.98 Å². The van der Waals surface area contributed by atoms with E-state index in [4.69, 9.17) is 9.15 Å². The average Bonchev–Trinajstić information content (AvgIpc) is 3.20. The fourth-order valence-corrected chi connectivity index (χ4v) is 4.75. The van der Waals surface area contributed by atoms with E-state index in [0.29, 0.717) is 22.5 Å². The van der Waals surface area contributed by atoms with Gasteiger partial charge in [-0.05, 0) is 42.5 Å². The molecule has 0 saturated heterocycles. The van der Waals surface area contributed by atoms with Gasteiger partial charge in [-0.2, -0.15) is 0 Å². The molecule has 32 heavy (non-hydrogen) atoms. The number of Topliss-reactive ketones (excluding diaryl/α,β-unsaturated/α-hetero) is 1. The van der Waals surface area contributed by atoms with Gasteiger partial charge in [-0.25, -0.2) is 17.8 Å². The lowest BCUT2D eigenvalue weighted by atomic mass is 10.1. The number of nitrogens with zero attached hydrogens (tertiary/aromatic N) is 1. The molecule has 1 aromatic heterocycles. The number of ketones is 1. The Morgan fingerprint density at radius 1 is 1.12 bits per heavy atom. The van der Waals surface area contributed by atoms with Crippen LogP contribution in [0.15, 0.2) is 81.3 Å². The van der Waals surface area contributed by atoms with Gasteiger partial charge in [0.2, 0.25) is 0 Å². The van der Waals surface area contributed by atoms with Crippen LogP contribution in [0, 0.1) is 5.82 Å². The van der Waals surface area contributed by atoms with Gasteiger partial charge in [0.25, 0.3) is 15.2 Å². The molecule has 10 heteroatoms. The molecule has 0 aliphatic carbocycles. The number of benzene rings is 3. The molecule has 0 spiro atoms. The Morgan fingerprint density at radius 3 is 2.66 bits per heavy atom. The molecular formula is C22H17FN2O5S2. The van der Waals surface area contributed by atoms with E-state index in [-0.39, 0.29) is 21.4 Å². The summed E-state index contributed by atoms with van der Waals surface area (Å²) < 4.78 is 52.6. The minimum Gasteiger partial charge on any atom is -0.495 e. The number of aromatic nitrogens is 1. The first-order valence-electron chi connectivity index (χ1n) is 9.34. The minimum atomic E-state index is -3.91. The normalized spacial score (nSPS) is 11.4. The first-order valence-corrected chi connectivity index (χ1v) is 11.8. The Labute approximate surface area is 187 Å². The summed E-state index contributed by atoms with van der Waals surface area (Å²) in [6.07, 6.45) is 0. The molecule has 1 heterocycles. The van der Waals surface area contributed by atoms with Crippen molar-refractivity contribution in [2.75, 3.05) is 17.6 Å². The number of ether oxygens (including phenoxy) is 1. The zero-order valence-corrected chi connectivity index (χ0v) is 18.4. The molecule has 7 nitrogen and oxygen atoms in total. The molecule has 4 aromatic rings. The summed E-state index contributed by atoms with van der Waals surface area (Å²) in [7, 11) is -2.46. The lowest BCUT2D eigenvalue weighted by Crippen LogP contribution is -2.13. The molecule has 1 N–H and O–H groups in total. The van der Waals surface area contributed by atoms with Gasteiger partial charge in [-0.15, -0.1) is 0 Å². The number of para-hydroxylation sites is 2. The average molecular weight is 473 g/mol. The van der Waals surface area contributed by atoms with Crippen molar-refractivity contribution in [2.24, 2.45) is 0 Å². The lowest BCUT2D eigenvalue weighted by Gasteiger charge is -2.11. The van der Waals surface area contributed by atoms with E-state index in [0.717, 1.165) is 11.8 Å². The summed E-state index contributed by atoms with van der Waals surface area (Å²) in [4.78, 5) is 16.5. The summed E-state index contributed by atoms with van der Waals surface area (Å²) in [6.45, 7) is 0. The SMILES string of the molecule is COc1ccccc1NS(=O)(=O)c1ccc2oc(SCC(=O)c3ccccc3F)nc2c1. The zero-order chi connectivity index (χ0) is 22.7. The van der Waals surface area contributed by atoms with Crippen molar-refractivity contribution in [3.05, 3.63) is 78.1 Å². The molecule has 0 atom stereocenters. The van der Waals surface area contributed by atoms with Crippen LogP contribution >= 0.6 is 11.8 Å². The van der Waals surface area contributed by atoms with E-state index in [1.54, 1.807) is 30.3 Å². The molecule has 0 saturated carbocycles. The Bertz CT molecular complexity index is 1400. The third kappa shape index (κ3) is 4.61. The van der Waals surface area contributed by atoms with Crippen LogP contribution in [0.4, 0.5) is 10.1 Å². The van der Waals surface area contributed by atoms with Gasteiger partial charge < -0.3 is 9.15 Å². The maximum absolute atomic E-state index is 13.8. The summed E-state index contributed by atoms with van der Waals surface area (Å²) in [5.41, 5.74) is 0.973. The second kappa shape index (κ2) is 9.01. The highest BCUT2D eigenvalue weighted by Gasteiger charge is 2.19. The molecule has 0 amide bonds. The van der Waals surface area contributed by atoms with E-state index >= 15 is 0 Å². The van der Waals surface area contributed by atoms with Crippen LogP contribution in [0.2, 0.25) is 0 Å². The number of carbonyl (C=O) groups is 1. The quantitative estimate of drug-likeness (QED) is 0.292. The monoisotopic (exact) mass is 472 g/mol. The number of anilines is 1. The number of thioether (sulfide) groups is 1. The number of sulfonamides is 1. The molecule has 0 aliphatic rings. The van der Waals surface area contributed by atoms with Crippen molar-refractivity contribution in [1.29, 1.82) is 0 Å². The predicted octanol–water partition coefficient (Wildman–Crippen LogP) is 4.75. The number of fused-ring (bicyclic) bond motifs is 1. The minimum absolute atomic E-state index is 0.00750. The number of oxazole rings is 1. The van der Waals surface area contributed by atoms with Gasteiger partial charge in [-0.1, -0.05) is 36.0 Å². The number of carbonyl (C=O) groups excluding carboxylic acids is 1. The number of hydrogen-bond acceptors (Lipinski definition) is 7. The summed E-state index contributed by atoms with van der Waals surface area (Å²) in [5, 5.41) is 0.178. The molecule has 3 aromatic carbocycles. The second-order valence-electron chi connectivity index (χ2n) is 6.61. The maximum Gasteiger partial charge on any atom is 0.262 e. The van der Waals surface area contributed by atoms with Crippen LogP contribution in [0.1, 0.15) is 10.4 Å². The Morgan fingerprint density at radius 2 is 1.88 bits per heavy atom. The van der Waals surface area contributed by atoms with Crippen LogP contribution in [-0.2, 0) is 10.0 Å². The third-order valence-corrected chi connectivity index (χ3v) is 6.69. The molecular weight excluding hydrogens is 455 g/mol. The van der Waals surface area contributed by atoms with Crippen molar-refractivity contribution in [3.63, 3.8) is 0 Å². The highest BCUT2D eigenvalue weighted by molar-refractivity contribution is 7.99. The molecule has 0 fully saturated rings. The Balaban J connectivity index is 1.52. The Hall–Kier alpha value is -3.37. The number of hydrogen-bond donors (Lipinski definition) is 1. The maximum atomic E-state index is 13.8. The molecule has 164 valence electrons. The number of halogens is 1. The van der Waals surface area contributed by atoms with Gasteiger partial charge in [-0.3, -0.25) is 9.52 Å². The van der Waals surface area contributed by atoms with Gasteiger partial charge >= 0.3 is 0 Å². The smallest absolute Gasteiger partial charge is 0.262 e. The molecule has 4 rings (SSSR count). The lowest BCUT2D eigenvalue weighted by molar-refractivity contribution is 0.101. The second-order valence-corrected chi connectivity index (χ2v) is 9.22. The van der Waals surface area contributed by atoms with Gasteiger partial charge in [0.05, 0.1) is 29.0 Å². The van der Waals surface area contributed by atoms with Gasteiger partial charge in [0.15, 0.2) is 11.4 Å². The first kappa shape index (κ1) is 21.8. The van der Waals surface area contributed by atoms with Crippen molar-refractivity contribution < 1.29 is 26.8 Å². The molecule has 0 bridgehead atoms. The topological polar surface area (TPSA) is 98.5 Å². The zero-order valence-electron chi connectivity index (χ0n) is 16.7. The largest absolute Gasteiger partial charge is 0.495 e.